The molecule has 282 valence electrons. The van der Waals surface area contributed by atoms with Gasteiger partial charge in [0.25, 0.3) is 15.9 Å². The predicted octanol–water partition coefficient (Wildman–Crippen LogP) is 4.52. The van der Waals surface area contributed by atoms with Crippen molar-refractivity contribution in [2.24, 2.45) is 0 Å². The van der Waals surface area contributed by atoms with Crippen LogP contribution in [0.4, 0.5) is 0 Å². The highest BCUT2D eigenvalue weighted by molar-refractivity contribution is 7.90. The Hall–Kier alpha value is -4.60. The molecule has 0 atom stereocenters. The molecule has 12 nitrogen and oxygen atoms in total. The van der Waals surface area contributed by atoms with Crippen molar-refractivity contribution in [3.05, 3.63) is 105 Å². The summed E-state index contributed by atoms with van der Waals surface area (Å²) >= 11 is 1.12. The van der Waals surface area contributed by atoms with Gasteiger partial charge in [0.2, 0.25) is 5.91 Å². The molecule has 0 bridgehead atoms. The van der Waals surface area contributed by atoms with Gasteiger partial charge in [0.1, 0.15) is 16.2 Å². The zero-order valence-corrected chi connectivity index (χ0v) is 31.7. The number of hydrogen-bond donors (Lipinski definition) is 4. The molecule has 4 aromatic carbocycles. The number of carbonyl (C=O) groups is 2. The molecule has 5 aromatic rings. The third-order valence-electron chi connectivity index (χ3n) is 9.21. The van der Waals surface area contributed by atoms with Crippen LogP contribution in [-0.4, -0.2) is 99.1 Å². The number of H-pyrrole nitrogens is 1. The third-order valence-corrected chi connectivity index (χ3v) is 11.6. The van der Waals surface area contributed by atoms with Gasteiger partial charge in [-0.05, 0) is 72.6 Å². The van der Waals surface area contributed by atoms with Crippen molar-refractivity contribution in [1.82, 2.24) is 24.8 Å². The number of benzene rings is 4. The quantitative estimate of drug-likeness (QED) is 0.1000. The molecule has 2 heterocycles. The van der Waals surface area contributed by atoms with Crippen LogP contribution >= 0.6 is 11.3 Å². The highest BCUT2D eigenvalue weighted by Gasteiger charge is 2.31. The van der Waals surface area contributed by atoms with Crippen LogP contribution in [0.25, 0.3) is 21.0 Å². The van der Waals surface area contributed by atoms with Crippen molar-refractivity contribution < 1.29 is 27.9 Å². The molecular weight excluding hydrogens is 715 g/mol. The fraction of sp³-hybridized carbons (Fsp3) is 0.359. The van der Waals surface area contributed by atoms with E-state index in [-0.39, 0.29) is 27.0 Å². The summed E-state index contributed by atoms with van der Waals surface area (Å²) in [6.07, 6.45) is 1.91. The van der Waals surface area contributed by atoms with Crippen molar-refractivity contribution in [2.75, 3.05) is 59.0 Å². The van der Waals surface area contributed by atoms with Crippen LogP contribution in [0.15, 0.2) is 88.6 Å². The maximum atomic E-state index is 13.2. The minimum Gasteiger partial charge on any atom is -0.506 e. The number of phenolic OH excluding ortho intramolecular Hbond substituents is 1. The van der Waals surface area contributed by atoms with E-state index in [1.54, 1.807) is 18.2 Å². The van der Waals surface area contributed by atoms with Gasteiger partial charge < -0.3 is 29.9 Å². The van der Waals surface area contributed by atoms with Crippen LogP contribution in [0, 0.1) is 0 Å². The minimum absolute atomic E-state index is 0.0648. The average molecular weight is 762 g/mol. The number of amides is 2. The van der Waals surface area contributed by atoms with E-state index in [1.807, 2.05) is 15.7 Å². The van der Waals surface area contributed by atoms with E-state index in [0.717, 1.165) is 54.1 Å². The lowest BCUT2D eigenvalue weighted by Crippen LogP contribution is -2.42. The predicted molar refractivity (Wildman–Crippen MR) is 209 cm³/mol. The molecule has 0 saturated heterocycles. The number of phenols is 1. The number of hydrogen-bond acceptors (Lipinski definition) is 10. The van der Waals surface area contributed by atoms with Crippen LogP contribution in [0.3, 0.4) is 0 Å². The fourth-order valence-corrected chi connectivity index (χ4v) is 8.30. The molecule has 1 aliphatic heterocycles. The van der Waals surface area contributed by atoms with Crippen molar-refractivity contribution >= 4 is 54.2 Å². The molecule has 53 heavy (non-hydrogen) atoms. The molecule has 0 aliphatic carbocycles. The first-order valence-electron chi connectivity index (χ1n) is 17.9. The molecule has 14 heteroatoms. The van der Waals surface area contributed by atoms with E-state index in [4.69, 9.17) is 4.74 Å². The van der Waals surface area contributed by atoms with E-state index >= 15 is 0 Å². The van der Waals surface area contributed by atoms with Gasteiger partial charge in [0, 0.05) is 26.2 Å². The van der Waals surface area contributed by atoms with Crippen LogP contribution in [-0.2, 0) is 32.4 Å². The molecule has 0 spiro atoms. The Kier molecular flexibility index (Phi) is 14.2. The Morgan fingerprint density at radius 2 is 1.60 bits per heavy atom. The van der Waals surface area contributed by atoms with E-state index < -0.39 is 15.9 Å². The molecular formula is C39H47N5O7S2. The number of aromatic amines is 1. The Morgan fingerprint density at radius 1 is 0.849 bits per heavy atom. The lowest BCUT2D eigenvalue weighted by molar-refractivity contribution is -0.132. The second-order valence-corrected chi connectivity index (χ2v) is 15.2. The van der Waals surface area contributed by atoms with Gasteiger partial charge in [-0.25, -0.2) is 13.1 Å². The summed E-state index contributed by atoms with van der Waals surface area (Å²) in [6, 6.07) is 24.3. The molecule has 2 amide bonds. The highest BCUT2D eigenvalue weighted by Crippen LogP contribution is 2.28. The molecule has 0 fully saturated rings. The van der Waals surface area contributed by atoms with E-state index in [0.29, 0.717) is 51.3 Å². The summed E-state index contributed by atoms with van der Waals surface area (Å²) in [5, 5.41) is 15.9. The first kappa shape index (κ1) is 39.6. The number of carbonyl (C=O) groups excluding carboxylic acids is 2. The summed E-state index contributed by atoms with van der Waals surface area (Å²) in [7, 11) is -3.55. The van der Waals surface area contributed by atoms with Gasteiger partial charge in [-0.2, -0.15) is 0 Å². The van der Waals surface area contributed by atoms with Gasteiger partial charge in [-0.15, -0.1) is 0 Å². The highest BCUT2D eigenvalue weighted by atomic mass is 32.2. The Bertz CT molecular complexity index is 2170. The van der Waals surface area contributed by atoms with Gasteiger partial charge in [0.15, 0.2) is 0 Å². The smallest absolute Gasteiger partial charge is 0.305 e. The number of ether oxygens (including phenoxy) is 1. The molecule has 1 aliphatic rings. The van der Waals surface area contributed by atoms with E-state index in [1.165, 1.54) is 28.5 Å². The summed E-state index contributed by atoms with van der Waals surface area (Å²) in [4.78, 5) is 42.8. The average Bonchev–Trinajstić information content (AvgIpc) is 3.67. The maximum absolute atomic E-state index is 13.2. The zero-order chi connectivity index (χ0) is 37.8. The first-order valence-corrected chi connectivity index (χ1v) is 20.2. The van der Waals surface area contributed by atoms with Gasteiger partial charge in [0.05, 0.1) is 29.9 Å². The number of sulfonamides is 1. The SMILES string of the molecule is CCN(CC)CCN(CCNCCc1ccc(O)c2[nH]c(=O)sc12)C(=O)CCOCCc1cccc2ccccc12.O=C1NS(=O)(=O)c2ccccc21. The molecule has 1 aromatic heterocycles. The van der Waals surface area contributed by atoms with Gasteiger partial charge in [-0.3, -0.25) is 14.4 Å². The van der Waals surface area contributed by atoms with Crippen LogP contribution in [0.5, 0.6) is 5.75 Å². The van der Waals surface area contributed by atoms with E-state index in [9.17, 15) is 27.9 Å². The van der Waals surface area contributed by atoms with Gasteiger partial charge in [-0.1, -0.05) is 85.8 Å². The monoisotopic (exact) mass is 761 g/mol. The summed E-state index contributed by atoms with van der Waals surface area (Å²) < 4.78 is 30.9. The van der Waals surface area contributed by atoms with Crippen molar-refractivity contribution in [1.29, 1.82) is 0 Å². The minimum atomic E-state index is -3.55. The molecule has 0 unspecified atom stereocenters. The second kappa shape index (κ2) is 18.9. The largest absolute Gasteiger partial charge is 0.506 e. The topological polar surface area (TPSA) is 161 Å². The lowest BCUT2D eigenvalue weighted by Gasteiger charge is -2.27. The second-order valence-electron chi connectivity index (χ2n) is 12.6. The van der Waals surface area contributed by atoms with E-state index in [2.05, 4.69) is 71.5 Å². The fourth-order valence-electron chi connectivity index (χ4n) is 6.23. The number of likely N-dealkylation sites (N-methyl/N-ethyl adjacent to an activating group) is 1. The first-order chi connectivity index (χ1) is 25.6. The summed E-state index contributed by atoms with van der Waals surface area (Å²) in [5.74, 6) is -0.345. The molecule has 0 saturated carbocycles. The zero-order valence-electron chi connectivity index (χ0n) is 30.1. The summed E-state index contributed by atoms with van der Waals surface area (Å²) in [6.45, 7) is 10.7. The lowest BCUT2D eigenvalue weighted by atomic mass is 10.0. The Morgan fingerprint density at radius 3 is 2.40 bits per heavy atom. The summed E-state index contributed by atoms with van der Waals surface area (Å²) in [5.41, 5.74) is 3.01. The number of aromatic hydroxyl groups is 1. The number of rotatable bonds is 17. The number of aromatic nitrogens is 1. The maximum Gasteiger partial charge on any atom is 0.305 e. The van der Waals surface area contributed by atoms with Crippen LogP contribution in [0.2, 0.25) is 0 Å². The third kappa shape index (κ3) is 10.5. The molecule has 0 radical (unpaired) electrons. The van der Waals surface area contributed by atoms with Crippen LogP contribution in [0.1, 0.15) is 41.8 Å². The molecule has 6 rings (SSSR count). The van der Waals surface area contributed by atoms with Gasteiger partial charge >= 0.3 is 4.87 Å². The normalized spacial score (nSPS) is 13.2. The van der Waals surface area contributed by atoms with Crippen LogP contribution < -0.4 is 14.9 Å². The van der Waals surface area contributed by atoms with Crippen molar-refractivity contribution in [3.63, 3.8) is 0 Å². The van der Waals surface area contributed by atoms with Crippen molar-refractivity contribution in [2.45, 2.75) is 38.0 Å². The van der Waals surface area contributed by atoms with Crippen molar-refractivity contribution in [3.8, 4) is 5.75 Å². The Labute approximate surface area is 313 Å². The number of nitrogens with one attached hydrogen (secondary N) is 3. The Balaban J connectivity index is 0.000000378. The standard InChI is InChI=1S/C32H42N4O4S.C7H5NO3S/c1-3-35(4-2)20-21-36(19-18-33-17-14-26-12-13-28(37)30-31(26)41-32(39)34-30)29(38)16-23-40-22-15-25-10-7-9-24-8-5-6-11-27(24)25;9-7-5-3-1-2-4-6(5)12(10,11)8-7/h5-13,33,37H,3-4,14-23H2,1-2H3,(H,34,39);1-4H,(H,8,9). The number of thiazole rings is 1. The molecule has 4 N–H and O–H groups in total. The number of nitrogens with zero attached hydrogens (tertiary/aromatic N) is 2. The number of fused-ring (bicyclic) bond motifs is 3.